The van der Waals surface area contributed by atoms with E-state index in [-0.39, 0.29) is 89.7 Å². The van der Waals surface area contributed by atoms with Crippen LogP contribution in [-0.2, 0) is 27.4 Å². The first-order valence-electron chi connectivity index (χ1n) is 30.6. The van der Waals surface area contributed by atoms with Gasteiger partial charge in [-0.2, -0.15) is 0 Å². The van der Waals surface area contributed by atoms with Gasteiger partial charge >= 0.3 is 24.7 Å². The largest absolute Gasteiger partial charge is 0.573 e. The van der Waals surface area contributed by atoms with Crippen LogP contribution in [0.1, 0.15) is 147 Å². The number of alkyl halides is 6. The third kappa shape index (κ3) is 13.8. The Balaban J connectivity index is 0.000000167. The van der Waals surface area contributed by atoms with E-state index in [1.165, 1.54) is 60.1 Å². The smallest absolute Gasteiger partial charge is 0.489 e. The molecule has 0 unspecified atom stereocenters. The summed E-state index contributed by atoms with van der Waals surface area (Å²) in [6, 6.07) is 19.0. The molecule has 14 rings (SSSR count). The number of nitrogens with zero attached hydrogens (tertiary/aromatic N) is 4. The van der Waals surface area contributed by atoms with E-state index in [1.807, 2.05) is 27.7 Å². The third-order valence-corrected chi connectivity index (χ3v) is 19.5. The molecule has 0 radical (unpaired) electrons. The van der Waals surface area contributed by atoms with E-state index in [0.717, 1.165) is 83.9 Å². The summed E-state index contributed by atoms with van der Waals surface area (Å²) in [6.07, 6.45) is -0.590. The summed E-state index contributed by atoms with van der Waals surface area (Å²) in [4.78, 5) is 33.5. The molecule has 4 aromatic heterocycles. The van der Waals surface area contributed by atoms with Gasteiger partial charge in [-0.1, -0.05) is 57.3 Å². The van der Waals surface area contributed by atoms with Crippen LogP contribution < -0.4 is 29.6 Å². The normalized spacial score (nSPS) is 22.6. The van der Waals surface area contributed by atoms with Gasteiger partial charge in [-0.15, -0.1) is 26.3 Å². The lowest BCUT2D eigenvalue weighted by Crippen LogP contribution is -2.32. The lowest BCUT2D eigenvalue weighted by atomic mass is 9.93. The number of hydrogen-bond donors (Lipinski definition) is 3. The number of fused-ring (bicyclic) bond motifs is 6. The number of hydrogen-bond acceptors (Lipinski definition) is 19. The van der Waals surface area contributed by atoms with E-state index in [4.69, 9.17) is 42.7 Å². The molecule has 91 heavy (non-hydrogen) atoms. The van der Waals surface area contributed by atoms with Crippen LogP contribution in [0.4, 0.5) is 36.6 Å². The highest BCUT2D eigenvalue weighted by molar-refractivity contribution is 7.22. The number of esters is 1. The number of nitrogens with one attached hydrogen (secondary N) is 2. The second-order valence-electron chi connectivity index (χ2n) is 24.8. The fourth-order valence-electron chi connectivity index (χ4n) is 13.5. The molecule has 3 N–H and O–H groups in total. The summed E-state index contributed by atoms with van der Waals surface area (Å²) in [5, 5.41) is 26.6. The Bertz CT molecular complexity index is 3990. The number of carboxylic acid groups (broad SMARTS) is 1. The van der Waals surface area contributed by atoms with E-state index in [0.29, 0.717) is 85.8 Å². The van der Waals surface area contributed by atoms with Gasteiger partial charge < -0.3 is 57.9 Å². The van der Waals surface area contributed by atoms with Crippen molar-refractivity contribution in [3.05, 3.63) is 107 Å². The van der Waals surface area contributed by atoms with Crippen LogP contribution in [0, 0.1) is 23.7 Å². The molecule has 0 spiro atoms. The van der Waals surface area contributed by atoms with Crippen molar-refractivity contribution in [3.63, 3.8) is 0 Å². The second kappa shape index (κ2) is 25.1. The Morgan fingerprint density at radius 2 is 1.02 bits per heavy atom. The SMILES string of the molecule is CC(C)Oc1cc(C(=O)O)cc2sc(N[C@H]3C[C@@H]4C[C@H]3C[C@@H]4OCc3c(-c4ccccc4OC(F)(F)F)noc3C3CC3)nc12.COC(=O)c1cc(OC(C)C)c2nc(N[C@H]3C[C@@H]4C[C@H]3C[C@@H]4OCc3c(-c4ccccc4OC(F)(F)F)noc3C3CC3)sc2c1. The number of para-hydroxylation sites is 2. The van der Waals surface area contributed by atoms with Crippen molar-refractivity contribution >= 4 is 65.3 Å². The van der Waals surface area contributed by atoms with Crippen LogP contribution in [0.2, 0.25) is 0 Å². The Hall–Kier alpha value is -7.68. The van der Waals surface area contributed by atoms with Crippen LogP contribution >= 0.6 is 22.7 Å². The van der Waals surface area contributed by atoms with Gasteiger partial charge in [0.05, 0.1) is 65.3 Å². The monoisotopic (exact) mass is 1300 g/mol. The van der Waals surface area contributed by atoms with Crippen molar-refractivity contribution in [3.8, 4) is 45.5 Å². The van der Waals surface area contributed by atoms with Crippen LogP contribution in [0.5, 0.6) is 23.0 Å². The van der Waals surface area contributed by atoms with E-state index in [1.54, 1.807) is 42.5 Å². The molecule has 6 aliphatic carbocycles. The van der Waals surface area contributed by atoms with Gasteiger partial charge in [0.1, 0.15) is 56.9 Å². The number of methoxy groups -OCH3 is 1. The van der Waals surface area contributed by atoms with Gasteiger partial charge in [0, 0.05) is 46.2 Å². The van der Waals surface area contributed by atoms with Gasteiger partial charge in [0.2, 0.25) is 0 Å². The number of aromatic carboxylic acids is 1. The average molecular weight is 1300 g/mol. The van der Waals surface area contributed by atoms with E-state index in [2.05, 4.69) is 30.4 Å². The second-order valence-corrected chi connectivity index (χ2v) is 26.9. The quantitative estimate of drug-likeness (QED) is 0.0424. The summed E-state index contributed by atoms with van der Waals surface area (Å²) in [6.45, 7) is 8.02. The predicted molar refractivity (Wildman–Crippen MR) is 324 cm³/mol. The van der Waals surface area contributed by atoms with Crippen molar-refractivity contribution in [2.24, 2.45) is 23.7 Å². The molecular weight excluding hydrogens is 1230 g/mol. The number of carbonyl (C=O) groups excluding carboxylic acids is 1. The highest BCUT2D eigenvalue weighted by Gasteiger charge is 2.49. The van der Waals surface area contributed by atoms with E-state index >= 15 is 0 Å². The molecule has 8 atom stereocenters. The van der Waals surface area contributed by atoms with E-state index < -0.39 is 24.7 Å². The minimum atomic E-state index is -4.83. The zero-order valence-corrected chi connectivity index (χ0v) is 51.8. The number of carboxylic acids is 1. The first-order valence-corrected chi connectivity index (χ1v) is 32.2. The topological polar surface area (TPSA) is 221 Å². The molecule has 4 aromatic carbocycles. The summed E-state index contributed by atoms with van der Waals surface area (Å²) in [7, 11) is 1.35. The zero-order chi connectivity index (χ0) is 63.6. The summed E-state index contributed by atoms with van der Waals surface area (Å²) in [5.74, 6) is 2.05. The summed E-state index contributed by atoms with van der Waals surface area (Å²) >= 11 is 2.89. The molecule has 6 aliphatic rings. The van der Waals surface area contributed by atoms with E-state index in [9.17, 15) is 41.0 Å². The standard InChI is InChI=1S/C33H34F3N3O6S.C32H32F3N3O6S/c1-16(2)43-26-13-20(31(40)41-3)14-27-29(26)38-32(46-27)37-23-11-19-10-18(23)12-25(19)42-15-22-28(39-45-30(22)17-8-9-17)21-6-4-5-7-24(21)44-33(34,35)36;1-15(2)42-25-12-19(30(39)40)13-26-28(25)37-31(45-26)36-22-10-18-9-17(22)11-24(18)41-14-21-27(38-44-29(21)16-7-8-16)20-5-3-4-6-23(20)43-32(33,34)35/h4-7,13-14,16-19,23,25H,8-12,15H2,1-3H3,(H,37,38);3-6,12-13,15-18,22,24H,7-11,14H2,1-2H3,(H,36,37)(H,39,40)/t18-,19-,23-,25-;17-,18-,22-,24-/m00/s1. The molecule has 6 saturated carbocycles. The molecule has 0 amide bonds. The number of aromatic nitrogens is 4. The molecule has 26 heteroatoms. The maximum Gasteiger partial charge on any atom is 0.573 e. The van der Waals surface area contributed by atoms with Crippen molar-refractivity contribution < 1.29 is 83.2 Å². The van der Waals surface area contributed by atoms with Gasteiger partial charge in [-0.25, -0.2) is 19.6 Å². The number of halogens is 6. The Morgan fingerprint density at radius 1 is 0.593 bits per heavy atom. The van der Waals surface area contributed by atoms with Gasteiger partial charge in [0.25, 0.3) is 0 Å². The maximum atomic E-state index is 13.1. The molecular formula is C65H66F6N6O12S2. The third-order valence-electron chi connectivity index (χ3n) is 17.7. The van der Waals surface area contributed by atoms with Crippen molar-refractivity contribution in [1.29, 1.82) is 0 Å². The van der Waals surface area contributed by atoms with Gasteiger partial charge in [-0.05, 0) is 164 Å². The molecule has 4 bridgehead atoms. The first kappa shape index (κ1) is 62.1. The number of benzene rings is 4. The highest BCUT2D eigenvalue weighted by atomic mass is 32.1. The maximum absolute atomic E-state index is 13.1. The predicted octanol–water partition coefficient (Wildman–Crippen LogP) is 16.1. The van der Waals surface area contributed by atoms with Gasteiger partial charge in [0.15, 0.2) is 10.3 Å². The minimum absolute atomic E-state index is 0.00376. The summed E-state index contributed by atoms with van der Waals surface area (Å²) in [5.41, 5.74) is 4.39. The fourth-order valence-corrected chi connectivity index (χ4v) is 15.5. The number of ether oxygens (including phenoxy) is 7. The van der Waals surface area contributed by atoms with Crippen molar-refractivity contribution in [2.75, 3.05) is 17.7 Å². The number of thiazole rings is 2. The lowest BCUT2D eigenvalue weighted by Gasteiger charge is -2.28. The minimum Gasteiger partial charge on any atom is -0.489 e. The Kier molecular flexibility index (Phi) is 17.1. The molecule has 0 saturated heterocycles. The first-order chi connectivity index (χ1) is 43.6. The van der Waals surface area contributed by atoms with Crippen molar-refractivity contribution in [1.82, 2.24) is 20.3 Å². The molecule has 6 fully saturated rings. The Morgan fingerprint density at radius 3 is 1.41 bits per heavy atom. The highest BCUT2D eigenvalue weighted by Crippen LogP contribution is 2.53. The molecule has 8 aromatic rings. The molecule has 482 valence electrons. The zero-order valence-electron chi connectivity index (χ0n) is 50.2. The fraction of sp³-hybridized carbons (Fsp3) is 0.477. The van der Waals surface area contributed by atoms with Crippen LogP contribution in [0.15, 0.2) is 81.8 Å². The van der Waals surface area contributed by atoms with Crippen LogP contribution in [0.25, 0.3) is 42.9 Å². The Labute approximate surface area is 526 Å². The average Bonchev–Trinajstić information content (AvgIpc) is 1.69. The lowest BCUT2D eigenvalue weighted by molar-refractivity contribution is -0.275. The van der Waals surface area contributed by atoms with Crippen molar-refractivity contribution in [2.45, 2.75) is 166 Å². The van der Waals surface area contributed by atoms with Crippen LogP contribution in [-0.4, -0.2) is 93.7 Å². The summed E-state index contributed by atoms with van der Waals surface area (Å²) < 4.78 is 130. The van der Waals surface area contributed by atoms with Gasteiger partial charge in [-0.3, -0.25) is 0 Å². The molecule has 0 aliphatic heterocycles. The van der Waals surface area contributed by atoms with Crippen LogP contribution in [0.3, 0.4) is 0 Å². The number of rotatable bonds is 22. The molecule has 18 nitrogen and oxygen atoms in total. The number of carbonyl (C=O) groups is 2. The number of anilines is 2. The molecule has 4 heterocycles.